The van der Waals surface area contributed by atoms with Crippen molar-refractivity contribution in [1.29, 1.82) is 0 Å². The Morgan fingerprint density at radius 2 is 2.08 bits per heavy atom. The fraction of sp³-hybridized carbons (Fsp3) is 0.211. The minimum absolute atomic E-state index is 0.149. The molecule has 0 saturated heterocycles. The zero-order chi connectivity index (χ0) is 18.5. The molecule has 3 rings (SSSR count). The number of carbonyl (C=O) groups is 1. The van der Waals surface area contributed by atoms with Crippen molar-refractivity contribution in [2.45, 2.75) is 6.10 Å². The van der Waals surface area contributed by atoms with Crippen molar-refractivity contribution in [3.63, 3.8) is 0 Å². The van der Waals surface area contributed by atoms with Crippen molar-refractivity contribution in [1.82, 2.24) is 0 Å². The van der Waals surface area contributed by atoms with E-state index in [1.54, 1.807) is 24.3 Å². The van der Waals surface area contributed by atoms with Gasteiger partial charge in [0.2, 0.25) is 0 Å². The van der Waals surface area contributed by atoms with Crippen molar-refractivity contribution >= 4 is 39.9 Å². The monoisotopic (exact) mass is 374 g/mol. The van der Waals surface area contributed by atoms with E-state index in [-0.39, 0.29) is 17.5 Å². The Kier molecular flexibility index (Phi) is 5.65. The lowest BCUT2D eigenvalue weighted by Crippen LogP contribution is -2.20. The molecule has 0 aliphatic heterocycles. The number of anilines is 2. The van der Waals surface area contributed by atoms with Crippen LogP contribution in [0.15, 0.2) is 52.9 Å². The number of rotatable bonds is 7. The number of carbonyl (C=O) groups excluding carboxylic acids is 1. The number of alkyl halides is 1. The highest BCUT2D eigenvalue weighted by molar-refractivity contribution is 6.18. The maximum absolute atomic E-state index is 12.5. The summed E-state index contributed by atoms with van der Waals surface area (Å²) in [6.45, 7) is 0.317. The largest absolute Gasteiger partial charge is 0.494 e. The number of ether oxygens (including phenoxy) is 1. The van der Waals surface area contributed by atoms with Crippen molar-refractivity contribution in [3.05, 3.63) is 54.3 Å². The smallest absolute Gasteiger partial charge is 0.291 e. The number of methoxy groups -OCH3 is 1. The summed E-state index contributed by atoms with van der Waals surface area (Å²) in [5.41, 5.74) is 1.91. The summed E-state index contributed by atoms with van der Waals surface area (Å²) >= 11 is 5.58. The van der Waals surface area contributed by atoms with Gasteiger partial charge in [-0.15, -0.1) is 11.6 Å². The van der Waals surface area contributed by atoms with Gasteiger partial charge in [0.1, 0.15) is 11.3 Å². The van der Waals surface area contributed by atoms with Crippen LogP contribution >= 0.6 is 11.6 Å². The molecule has 0 fully saturated rings. The summed E-state index contributed by atoms with van der Waals surface area (Å²) in [5.74, 6) is 0.494. The number of hydrogen-bond acceptors (Lipinski definition) is 5. The summed E-state index contributed by atoms with van der Waals surface area (Å²) in [4.78, 5) is 12.5. The van der Waals surface area contributed by atoms with E-state index >= 15 is 0 Å². The lowest BCUT2D eigenvalue weighted by molar-refractivity contribution is 0.0998. The Bertz CT molecular complexity index is 876. The molecule has 0 saturated carbocycles. The molecule has 0 bridgehead atoms. The molecule has 3 aromatic rings. The molecule has 1 heterocycles. The first kappa shape index (κ1) is 18.1. The van der Waals surface area contributed by atoms with Crippen LogP contribution in [-0.4, -0.2) is 36.7 Å². The van der Waals surface area contributed by atoms with E-state index in [4.69, 9.17) is 20.8 Å². The van der Waals surface area contributed by atoms with Gasteiger partial charge in [0, 0.05) is 23.7 Å². The lowest BCUT2D eigenvalue weighted by Gasteiger charge is -2.14. The zero-order valence-electron chi connectivity index (χ0n) is 14.2. The van der Waals surface area contributed by atoms with Crippen molar-refractivity contribution in [3.8, 4) is 5.75 Å². The van der Waals surface area contributed by atoms with Gasteiger partial charge in [-0.2, -0.15) is 0 Å². The number of furan rings is 1. The van der Waals surface area contributed by atoms with E-state index in [1.807, 2.05) is 24.3 Å². The molecule has 1 amide bonds. The molecule has 1 aromatic heterocycles. The Balaban J connectivity index is 1.74. The van der Waals surface area contributed by atoms with Crippen LogP contribution in [-0.2, 0) is 0 Å². The first-order valence-electron chi connectivity index (χ1n) is 8.06. The number of fused-ring (bicyclic) bond motifs is 1. The molecule has 2 aromatic carbocycles. The van der Waals surface area contributed by atoms with Crippen LogP contribution in [0, 0.1) is 0 Å². The Labute approximate surface area is 155 Å². The first-order chi connectivity index (χ1) is 12.6. The van der Waals surface area contributed by atoms with E-state index in [9.17, 15) is 9.90 Å². The molecule has 1 unspecified atom stereocenters. The van der Waals surface area contributed by atoms with Crippen LogP contribution in [0.5, 0.6) is 5.75 Å². The van der Waals surface area contributed by atoms with Crippen molar-refractivity contribution in [2.24, 2.45) is 0 Å². The highest BCUT2D eigenvalue weighted by Gasteiger charge is 2.15. The molecule has 7 heteroatoms. The molecule has 136 valence electrons. The van der Waals surface area contributed by atoms with Gasteiger partial charge < -0.3 is 24.9 Å². The SMILES string of the molecule is COc1cc(NCC(O)CCl)ccc1NC(=O)c1cc2ccccc2o1. The normalized spacial score (nSPS) is 12.0. The molecule has 0 aliphatic carbocycles. The Morgan fingerprint density at radius 1 is 1.27 bits per heavy atom. The predicted molar refractivity (Wildman–Crippen MR) is 102 cm³/mol. The van der Waals surface area contributed by atoms with Gasteiger partial charge in [-0.3, -0.25) is 4.79 Å². The zero-order valence-corrected chi connectivity index (χ0v) is 14.9. The highest BCUT2D eigenvalue weighted by atomic mass is 35.5. The summed E-state index contributed by atoms with van der Waals surface area (Å²) in [5, 5.41) is 16.2. The van der Waals surface area contributed by atoms with Crippen LogP contribution < -0.4 is 15.4 Å². The molecule has 3 N–H and O–H groups in total. The third-order valence-electron chi connectivity index (χ3n) is 3.82. The van der Waals surface area contributed by atoms with Gasteiger partial charge >= 0.3 is 0 Å². The van der Waals surface area contributed by atoms with Crippen LogP contribution in [0.25, 0.3) is 11.0 Å². The van der Waals surface area contributed by atoms with E-state index < -0.39 is 6.10 Å². The minimum Gasteiger partial charge on any atom is -0.494 e. The number of hydrogen-bond donors (Lipinski definition) is 3. The van der Waals surface area contributed by atoms with Gasteiger partial charge in [-0.1, -0.05) is 18.2 Å². The highest BCUT2D eigenvalue weighted by Crippen LogP contribution is 2.29. The maximum Gasteiger partial charge on any atom is 0.291 e. The van der Waals surface area contributed by atoms with Crippen molar-refractivity contribution < 1.29 is 19.1 Å². The first-order valence-corrected chi connectivity index (χ1v) is 8.60. The van der Waals surface area contributed by atoms with Crippen LogP contribution in [0.2, 0.25) is 0 Å². The van der Waals surface area contributed by atoms with Crippen LogP contribution in [0.3, 0.4) is 0 Å². The number of nitrogens with one attached hydrogen (secondary N) is 2. The fourth-order valence-corrected chi connectivity index (χ4v) is 2.58. The summed E-state index contributed by atoms with van der Waals surface area (Å²) < 4.78 is 10.9. The Hall–Kier alpha value is -2.70. The average molecular weight is 375 g/mol. The number of para-hydroxylation sites is 1. The molecule has 26 heavy (non-hydrogen) atoms. The standard InChI is InChI=1S/C19H19ClN2O4/c1-25-17-9-13(21-11-14(23)10-20)6-7-15(17)22-19(24)18-8-12-4-2-3-5-16(12)26-18/h2-9,14,21,23H,10-11H2,1H3,(H,22,24). The van der Waals surface area contributed by atoms with E-state index in [2.05, 4.69) is 10.6 Å². The van der Waals surface area contributed by atoms with Gasteiger partial charge in [0.15, 0.2) is 5.76 Å². The molecular formula is C19H19ClN2O4. The lowest BCUT2D eigenvalue weighted by atomic mass is 10.2. The van der Waals surface area contributed by atoms with E-state index in [1.165, 1.54) is 7.11 Å². The van der Waals surface area contributed by atoms with Crippen LogP contribution in [0.1, 0.15) is 10.6 Å². The van der Waals surface area contributed by atoms with E-state index in [0.29, 0.717) is 23.6 Å². The third kappa shape index (κ3) is 4.09. The van der Waals surface area contributed by atoms with Gasteiger partial charge in [-0.05, 0) is 24.3 Å². The maximum atomic E-state index is 12.5. The number of aliphatic hydroxyl groups excluding tert-OH is 1. The summed E-state index contributed by atoms with van der Waals surface area (Å²) in [7, 11) is 1.52. The van der Waals surface area contributed by atoms with Crippen LogP contribution in [0.4, 0.5) is 11.4 Å². The van der Waals surface area contributed by atoms with Crippen molar-refractivity contribution in [2.75, 3.05) is 30.2 Å². The van der Waals surface area contributed by atoms with Gasteiger partial charge in [0.05, 0.1) is 24.8 Å². The number of benzene rings is 2. The molecule has 6 nitrogen and oxygen atoms in total. The summed E-state index contributed by atoms with van der Waals surface area (Å²) in [6.07, 6.45) is -0.643. The molecule has 0 radical (unpaired) electrons. The number of halogens is 1. The average Bonchev–Trinajstić information content (AvgIpc) is 3.11. The Morgan fingerprint density at radius 3 is 2.81 bits per heavy atom. The molecule has 1 atom stereocenters. The van der Waals surface area contributed by atoms with Gasteiger partial charge in [-0.25, -0.2) is 0 Å². The minimum atomic E-state index is -0.643. The number of aliphatic hydroxyl groups is 1. The topological polar surface area (TPSA) is 83.7 Å². The van der Waals surface area contributed by atoms with E-state index in [0.717, 1.165) is 11.1 Å². The molecule has 0 spiro atoms. The second-order valence-corrected chi connectivity index (χ2v) is 6.02. The predicted octanol–water partition coefficient (Wildman–Crippen LogP) is 3.71. The summed E-state index contributed by atoms with van der Waals surface area (Å²) in [6, 6.07) is 14.3. The third-order valence-corrected chi connectivity index (χ3v) is 4.18. The molecular weight excluding hydrogens is 356 g/mol. The second-order valence-electron chi connectivity index (χ2n) is 5.71. The quantitative estimate of drug-likeness (QED) is 0.549. The van der Waals surface area contributed by atoms with Gasteiger partial charge in [0.25, 0.3) is 5.91 Å². The second kappa shape index (κ2) is 8.12. The molecule has 0 aliphatic rings. The fourth-order valence-electron chi connectivity index (χ4n) is 2.47. The number of amides is 1.